The number of H-pyrrole nitrogens is 1. The number of rotatable bonds is 13. The molecule has 0 radical (unpaired) electrons. The number of amides is 3. The second kappa shape index (κ2) is 13.5. The van der Waals surface area contributed by atoms with Crippen molar-refractivity contribution in [1.29, 1.82) is 0 Å². The average Bonchev–Trinajstić information content (AvgIpc) is 3.57. The van der Waals surface area contributed by atoms with Gasteiger partial charge in [0.05, 0.1) is 12.4 Å². The SMILES string of the molecule is CC(C)CC(NC(=O)C(Cc1ccccc1)NC(=O)C1CCCN1)C(=O)NC(Cc1cnc[nH]1)C(=O)O. The zero-order chi connectivity index (χ0) is 26.8. The Morgan fingerprint density at radius 3 is 2.30 bits per heavy atom. The molecule has 1 aliphatic rings. The molecule has 11 nitrogen and oxygen atoms in total. The Hall–Kier alpha value is -3.73. The Morgan fingerprint density at radius 2 is 1.70 bits per heavy atom. The lowest BCUT2D eigenvalue weighted by Gasteiger charge is -2.26. The molecular weight excluding hydrogens is 476 g/mol. The third-order valence-corrected chi connectivity index (χ3v) is 6.23. The second-order valence-corrected chi connectivity index (χ2v) is 9.77. The highest BCUT2D eigenvalue weighted by Gasteiger charge is 2.32. The smallest absolute Gasteiger partial charge is 0.326 e. The summed E-state index contributed by atoms with van der Waals surface area (Å²) in [5.41, 5.74) is 1.42. The second-order valence-electron chi connectivity index (χ2n) is 9.77. The number of nitrogens with one attached hydrogen (secondary N) is 5. The number of aliphatic carboxylic acids is 1. The molecule has 1 fully saturated rings. The van der Waals surface area contributed by atoms with Gasteiger partial charge in [-0.3, -0.25) is 14.4 Å². The summed E-state index contributed by atoms with van der Waals surface area (Å²) < 4.78 is 0. The van der Waals surface area contributed by atoms with Crippen LogP contribution in [0.5, 0.6) is 0 Å². The average molecular weight is 513 g/mol. The Kier molecular flexibility index (Phi) is 10.2. The van der Waals surface area contributed by atoms with Crippen LogP contribution in [0, 0.1) is 5.92 Å². The van der Waals surface area contributed by atoms with Crippen molar-refractivity contribution in [3.63, 3.8) is 0 Å². The molecule has 0 spiro atoms. The first-order valence-corrected chi connectivity index (χ1v) is 12.6. The number of carboxylic acid groups (broad SMARTS) is 1. The fraction of sp³-hybridized carbons (Fsp3) is 0.500. The maximum Gasteiger partial charge on any atom is 0.326 e. The molecule has 200 valence electrons. The zero-order valence-corrected chi connectivity index (χ0v) is 21.2. The molecule has 11 heteroatoms. The molecule has 1 saturated heterocycles. The molecule has 0 saturated carbocycles. The normalized spacial score (nSPS) is 17.5. The molecule has 4 atom stereocenters. The van der Waals surface area contributed by atoms with Crippen LogP contribution in [0.2, 0.25) is 0 Å². The van der Waals surface area contributed by atoms with Crippen LogP contribution in [-0.2, 0) is 32.0 Å². The van der Waals surface area contributed by atoms with Crippen molar-refractivity contribution < 1.29 is 24.3 Å². The molecule has 1 aromatic heterocycles. The van der Waals surface area contributed by atoms with Crippen molar-refractivity contribution >= 4 is 23.7 Å². The highest BCUT2D eigenvalue weighted by Crippen LogP contribution is 2.11. The maximum atomic E-state index is 13.4. The summed E-state index contributed by atoms with van der Waals surface area (Å²) >= 11 is 0. The number of nitrogens with zero attached hydrogens (tertiary/aromatic N) is 1. The minimum atomic E-state index is -1.20. The van der Waals surface area contributed by atoms with E-state index in [0.29, 0.717) is 18.5 Å². The van der Waals surface area contributed by atoms with E-state index in [0.717, 1.165) is 18.5 Å². The third kappa shape index (κ3) is 8.71. The molecule has 0 aliphatic carbocycles. The van der Waals surface area contributed by atoms with E-state index in [1.165, 1.54) is 12.5 Å². The Bertz CT molecular complexity index is 1040. The van der Waals surface area contributed by atoms with Crippen molar-refractivity contribution in [3.05, 3.63) is 54.1 Å². The summed E-state index contributed by atoms with van der Waals surface area (Å²) in [6, 6.07) is 5.86. The number of benzene rings is 1. The number of carbonyl (C=O) groups is 4. The Labute approximate surface area is 216 Å². The summed E-state index contributed by atoms with van der Waals surface area (Å²) in [5, 5.41) is 20.9. The van der Waals surface area contributed by atoms with E-state index in [-0.39, 0.29) is 30.7 Å². The van der Waals surface area contributed by atoms with Gasteiger partial charge in [0, 0.05) is 24.7 Å². The van der Waals surface area contributed by atoms with Crippen LogP contribution in [-0.4, -0.2) is 69.5 Å². The van der Waals surface area contributed by atoms with Gasteiger partial charge >= 0.3 is 5.97 Å². The van der Waals surface area contributed by atoms with E-state index in [1.54, 1.807) is 0 Å². The summed E-state index contributed by atoms with van der Waals surface area (Å²) in [6.45, 7) is 4.55. The van der Waals surface area contributed by atoms with Crippen molar-refractivity contribution in [2.75, 3.05) is 6.54 Å². The van der Waals surface area contributed by atoms with Gasteiger partial charge in [-0.1, -0.05) is 44.2 Å². The van der Waals surface area contributed by atoms with Gasteiger partial charge in [0.25, 0.3) is 0 Å². The predicted octanol–water partition coefficient (Wildman–Crippen LogP) is 0.532. The minimum absolute atomic E-state index is 0.0183. The zero-order valence-electron chi connectivity index (χ0n) is 21.2. The van der Waals surface area contributed by atoms with Gasteiger partial charge in [-0.2, -0.15) is 0 Å². The first-order valence-electron chi connectivity index (χ1n) is 12.6. The molecule has 37 heavy (non-hydrogen) atoms. The monoisotopic (exact) mass is 512 g/mol. The van der Waals surface area contributed by atoms with Crippen molar-refractivity contribution in [3.8, 4) is 0 Å². The standard InChI is InChI=1S/C26H36N6O5/c1-16(2)11-20(24(34)32-22(26(36)37)13-18-14-27-15-29-18)30-25(35)21(12-17-7-4-3-5-8-17)31-23(33)19-9-6-10-28-19/h3-5,7-8,14-16,19-22,28H,6,9-13H2,1-2H3,(H,27,29)(H,30,35)(H,31,33)(H,32,34)(H,36,37). The van der Waals surface area contributed by atoms with Gasteiger partial charge < -0.3 is 31.4 Å². The van der Waals surface area contributed by atoms with Crippen LogP contribution in [0.25, 0.3) is 0 Å². The molecule has 4 unspecified atom stereocenters. The van der Waals surface area contributed by atoms with E-state index in [2.05, 4.69) is 31.2 Å². The number of carboxylic acids is 1. The molecule has 2 aromatic rings. The van der Waals surface area contributed by atoms with Gasteiger partial charge in [-0.05, 0) is 37.3 Å². The lowest BCUT2D eigenvalue weighted by molar-refractivity contribution is -0.142. The minimum Gasteiger partial charge on any atom is -0.480 e. The fourth-order valence-electron chi connectivity index (χ4n) is 4.30. The van der Waals surface area contributed by atoms with Crippen molar-refractivity contribution in [2.24, 2.45) is 5.92 Å². The first-order chi connectivity index (χ1) is 17.7. The van der Waals surface area contributed by atoms with E-state index in [1.807, 2.05) is 44.2 Å². The van der Waals surface area contributed by atoms with Crippen LogP contribution < -0.4 is 21.3 Å². The summed E-state index contributed by atoms with van der Waals surface area (Å²) in [5.74, 6) is -2.52. The highest BCUT2D eigenvalue weighted by molar-refractivity contribution is 5.94. The van der Waals surface area contributed by atoms with E-state index in [4.69, 9.17) is 0 Å². The van der Waals surface area contributed by atoms with Gasteiger partial charge in [0.15, 0.2) is 0 Å². The van der Waals surface area contributed by atoms with Crippen LogP contribution in [0.4, 0.5) is 0 Å². The summed E-state index contributed by atoms with van der Waals surface area (Å²) in [7, 11) is 0. The molecule has 2 heterocycles. The van der Waals surface area contributed by atoms with Gasteiger partial charge in [0.2, 0.25) is 17.7 Å². The molecule has 3 rings (SSSR count). The quantitative estimate of drug-likeness (QED) is 0.228. The topological polar surface area (TPSA) is 165 Å². The lowest BCUT2D eigenvalue weighted by atomic mass is 10.00. The largest absolute Gasteiger partial charge is 0.480 e. The maximum absolute atomic E-state index is 13.4. The van der Waals surface area contributed by atoms with Crippen molar-refractivity contribution in [2.45, 2.75) is 70.1 Å². The van der Waals surface area contributed by atoms with Crippen LogP contribution >= 0.6 is 0 Å². The summed E-state index contributed by atoms with van der Waals surface area (Å²) in [4.78, 5) is 57.9. The van der Waals surface area contributed by atoms with E-state index in [9.17, 15) is 24.3 Å². The van der Waals surface area contributed by atoms with Crippen LogP contribution in [0.3, 0.4) is 0 Å². The molecule has 6 N–H and O–H groups in total. The molecular formula is C26H36N6O5. The van der Waals surface area contributed by atoms with Crippen LogP contribution in [0.1, 0.15) is 44.4 Å². The third-order valence-electron chi connectivity index (χ3n) is 6.23. The van der Waals surface area contributed by atoms with Crippen molar-refractivity contribution in [1.82, 2.24) is 31.2 Å². The predicted molar refractivity (Wildman–Crippen MR) is 136 cm³/mol. The highest BCUT2D eigenvalue weighted by atomic mass is 16.4. The molecule has 1 aliphatic heterocycles. The fourth-order valence-corrected chi connectivity index (χ4v) is 4.30. The Balaban J connectivity index is 1.73. The van der Waals surface area contributed by atoms with Gasteiger partial charge in [-0.15, -0.1) is 0 Å². The number of hydrogen-bond donors (Lipinski definition) is 6. The molecule has 1 aromatic carbocycles. The number of hydrogen-bond acceptors (Lipinski definition) is 6. The number of carbonyl (C=O) groups excluding carboxylic acids is 3. The van der Waals surface area contributed by atoms with Crippen LogP contribution in [0.15, 0.2) is 42.9 Å². The molecule has 0 bridgehead atoms. The Morgan fingerprint density at radius 1 is 1.00 bits per heavy atom. The van der Waals surface area contributed by atoms with Gasteiger partial charge in [0.1, 0.15) is 18.1 Å². The number of aromatic nitrogens is 2. The molecule has 3 amide bonds. The lowest BCUT2D eigenvalue weighted by Crippen LogP contribution is -2.58. The summed E-state index contributed by atoms with van der Waals surface area (Å²) in [6.07, 6.45) is 5.06. The van der Waals surface area contributed by atoms with Gasteiger partial charge in [-0.25, -0.2) is 9.78 Å². The van der Waals surface area contributed by atoms with E-state index >= 15 is 0 Å². The first kappa shape index (κ1) is 27.9. The number of imidazole rings is 1. The number of aromatic amines is 1. The van der Waals surface area contributed by atoms with E-state index < -0.39 is 35.9 Å².